The zero-order chi connectivity index (χ0) is 24.9. The van der Waals surface area contributed by atoms with Gasteiger partial charge in [0.15, 0.2) is 0 Å². The second-order valence-electron chi connectivity index (χ2n) is 10.5. The first kappa shape index (κ1) is 25.3. The number of carbonyl (C=O) groups excluding carboxylic acids is 1. The van der Waals surface area contributed by atoms with Crippen molar-refractivity contribution in [2.45, 2.75) is 70.6 Å². The predicted octanol–water partition coefficient (Wildman–Crippen LogP) is 5.17. The van der Waals surface area contributed by atoms with Crippen LogP contribution in [0.25, 0.3) is 0 Å². The van der Waals surface area contributed by atoms with E-state index in [2.05, 4.69) is 0 Å². The van der Waals surface area contributed by atoms with Gasteiger partial charge in [0.25, 0.3) is 0 Å². The summed E-state index contributed by atoms with van der Waals surface area (Å²) in [6.07, 6.45) is 2.22. The molecule has 4 fully saturated rings. The highest BCUT2D eigenvalue weighted by Gasteiger charge is 2.59. The van der Waals surface area contributed by atoms with E-state index in [1.165, 1.54) is 19.3 Å². The van der Waals surface area contributed by atoms with Crippen molar-refractivity contribution in [1.82, 2.24) is 0 Å². The first-order chi connectivity index (χ1) is 15.7. The Kier molecular flexibility index (Phi) is 6.46. The van der Waals surface area contributed by atoms with Crippen LogP contribution in [0.1, 0.15) is 74.7 Å². The van der Waals surface area contributed by atoms with Crippen LogP contribution in [0.5, 0.6) is 5.75 Å². The van der Waals surface area contributed by atoms with Crippen LogP contribution in [-0.4, -0.2) is 36.9 Å². The zero-order valence-corrected chi connectivity index (χ0v) is 20.1. The summed E-state index contributed by atoms with van der Waals surface area (Å²) in [7, 11) is -4.59. The summed E-state index contributed by atoms with van der Waals surface area (Å²) in [5, 5.41) is 0. The highest BCUT2D eigenvalue weighted by molar-refractivity contribution is 7.85. The molecule has 1 unspecified atom stereocenters. The highest BCUT2D eigenvalue weighted by Crippen LogP contribution is 2.65. The van der Waals surface area contributed by atoms with Crippen LogP contribution in [-0.2, 0) is 21.0 Å². The molecule has 4 aliphatic rings. The lowest BCUT2D eigenvalue weighted by Crippen LogP contribution is -2.59. The average molecular weight is 504 g/mol. The summed E-state index contributed by atoms with van der Waals surface area (Å²) >= 11 is 0. The van der Waals surface area contributed by atoms with Crippen LogP contribution >= 0.6 is 0 Å². The Morgan fingerprint density at radius 3 is 2.15 bits per heavy atom. The summed E-state index contributed by atoms with van der Waals surface area (Å²) in [6.45, 7) is 3.14. The molecule has 0 N–H and O–H groups in total. The quantitative estimate of drug-likeness (QED) is 0.359. The number of esters is 1. The summed E-state index contributed by atoms with van der Waals surface area (Å²) < 4.78 is 84.8. The molecule has 0 aromatic heterocycles. The van der Waals surface area contributed by atoms with Gasteiger partial charge in [-0.15, -0.1) is 0 Å². The van der Waals surface area contributed by atoms with E-state index in [1.807, 2.05) is 13.8 Å². The average Bonchev–Trinajstić information content (AvgIpc) is 2.70. The van der Waals surface area contributed by atoms with Gasteiger partial charge >= 0.3 is 12.1 Å². The van der Waals surface area contributed by atoms with Crippen molar-refractivity contribution < 1.29 is 40.4 Å². The van der Waals surface area contributed by atoms with Gasteiger partial charge in [-0.05, 0) is 87.8 Å². The molecule has 0 saturated heterocycles. The Morgan fingerprint density at radius 2 is 1.68 bits per heavy atom. The van der Waals surface area contributed by atoms with Crippen LogP contribution < -0.4 is 4.74 Å². The molecule has 0 radical (unpaired) electrons. The highest BCUT2D eigenvalue weighted by atomic mass is 32.2. The van der Waals surface area contributed by atoms with Crippen LogP contribution in [0.15, 0.2) is 18.2 Å². The third kappa shape index (κ3) is 4.94. The molecular formula is C24H30F3O6S-. The van der Waals surface area contributed by atoms with Crippen molar-refractivity contribution in [2.24, 2.45) is 23.2 Å². The minimum atomic E-state index is -4.69. The Morgan fingerprint density at radius 1 is 1.12 bits per heavy atom. The molecule has 0 amide bonds. The predicted molar refractivity (Wildman–Crippen MR) is 116 cm³/mol. The van der Waals surface area contributed by atoms with Gasteiger partial charge in [-0.25, -0.2) is 13.2 Å². The number of ether oxygens (including phenoxy) is 2. The molecule has 6 nitrogen and oxygen atoms in total. The van der Waals surface area contributed by atoms with Crippen molar-refractivity contribution in [3.05, 3.63) is 29.3 Å². The van der Waals surface area contributed by atoms with Crippen molar-refractivity contribution in [2.75, 3.05) is 12.4 Å². The number of benzene rings is 1. The van der Waals surface area contributed by atoms with Gasteiger partial charge in [0, 0.05) is 5.41 Å². The summed E-state index contributed by atoms with van der Waals surface area (Å²) in [5.41, 5.74) is -2.23. The van der Waals surface area contributed by atoms with Crippen LogP contribution in [0.3, 0.4) is 0 Å². The molecule has 10 heteroatoms. The molecule has 190 valence electrons. The fraction of sp³-hybridized carbons (Fsp3) is 0.708. The summed E-state index contributed by atoms with van der Waals surface area (Å²) in [4.78, 5) is 12.3. The molecule has 4 aliphatic carbocycles. The molecular weight excluding hydrogens is 473 g/mol. The smallest absolute Gasteiger partial charge is 0.419 e. The zero-order valence-electron chi connectivity index (χ0n) is 19.3. The fourth-order valence-corrected chi connectivity index (χ4v) is 7.13. The standard InChI is InChI=1S/C24H31F3O6S/c1-3-22(2,23-12-15-8-16(13-23)10-17(9-15)14-23)33-20-11-18(4-5-19(20)24(25,26)27)21(28)32-6-7-34(29,30)31/h4-5,11,15-17H,3,6-10,12-14H2,1-2H3,(H,29,30,31)/p-1. The van der Waals surface area contributed by atoms with E-state index < -0.39 is 51.5 Å². The molecule has 0 heterocycles. The van der Waals surface area contributed by atoms with Crippen molar-refractivity contribution in [3.63, 3.8) is 0 Å². The molecule has 34 heavy (non-hydrogen) atoms. The van der Waals surface area contributed by atoms with Gasteiger partial charge in [0.1, 0.15) is 18.0 Å². The van der Waals surface area contributed by atoms with E-state index in [1.54, 1.807) is 0 Å². The van der Waals surface area contributed by atoms with E-state index in [4.69, 9.17) is 9.47 Å². The normalized spacial score (nSPS) is 30.1. The van der Waals surface area contributed by atoms with E-state index >= 15 is 0 Å². The van der Waals surface area contributed by atoms with Gasteiger partial charge in [-0.3, -0.25) is 0 Å². The lowest BCUT2D eigenvalue weighted by Gasteiger charge is -2.62. The van der Waals surface area contributed by atoms with Crippen LogP contribution in [0.2, 0.25) is 0 Å². The van der Waals surface area contributed by atoms with Gasteiger partial charge in [0.05, 0.1) is 27.0 Å². The number of carbonyl (C=O) groups is 1. The molecule has 4 bridgehead atoms. The van der Waals surface area contributed by atoms with Crippen molar-refractivity contribution in [3.8, 4) is 5.75 Å². The number of alkyl halides is 3. The molecule has 1 aromatic carbocycles. The maximum absolute atomic E-state index is 13.9. The molecule has 0 spiro atoms. The van der Waals surface area contributed by atoms with Crippen LogP contribution in [0.4, 0.5) is 13.2 Å². The number of hydrogen-bond donors (Lipinski definition) is 0. The van der Waals surface area contributed by atoms with Gasteiger partial charge < -0.3 is 14.0 Å². The Balaban J connectivity index is 1.63. The lowest BCUT2D eigenvalue weighted by atomic mass is 9.45. The van der Waals surface area contributed by atoms with E-state index in [9.17, 15) is 30.9 Å². The Hall–Kier alpha value is -1.81. The third-order valence-electron chi connectivity index (χ3n) is 8.26. The lowest BCUT2D eigenvalue weighted by molar-refractivity contribution is -0.166. The van der Waals surface area contributed by atoms with E-state index in [0.717, 1.165) is 37.5 Å². The molecule has 4 saturated carbocycles. The molecule has 1 atom stereocenters. The van der Waals surface area contributed by atoms with Gasteiger partial charge in [-0.2, -0.15) is 13.2 Å². The molecule has 1 aromatic rings. The summed E-state index contributed by atoms with van der Waals surface area (Å²) in [5.74, 6) is -0.610. The Bertz CT molecular complexity index is 1020. The monoisotopic (exact) mass is 503 g/mol. The Labute approximate surface area is 197 Å². The number of rotatable bonds is 8. The second kappa shape index (κ2) is 8.69. The van der Waals surface area contributed by atoms with Crippen LogP contribution in [0, 0.1) is 23.2 Å². The third-order valence-corrected chi connectivity index (χ3v) is 8.93. The molecule has 5 rings (SSSR count). The first-order valence-corrected chi connectivity index (χ1v) is 13.3. The SMILES string of the molecule is CCC(C)(Oc1cc(C(=O)OCCS(=O)(=O)[O-])ccc1C(F)(F)F)C12CC3CC(CC(C3)C1)C2. The van der Waals surface area contributed by atoms with Crippen molar-refractivity contribution >= 4 is 16.1 Å². The molecule has 0 aliphatic heterocycles. The minimum Gasteiger partial charge on any atom is -0.748 e. The maximum Gasteiger partial charge on any atom is 0.419 e. The largest absolute Gasteiger partial charge is 0.748 e. The number of hydrogen-bond acceptors (Lipinski definition) is 6. The second-order valence-corrected chi connectivity index (χ2v) is 12.0. The first-order valence-electron chi connectivity index (χ1n) is 11.7. The van der Waals surface area contributed by atoms with E-state index in [0.29, 0.717) is 24.2 Å². The van der Waals surface area contributed by atoms with Gasteiger partial charge in [-0.1, -0.05) is 6.92 Å². The van der Waals surface area contributed by atoms with E-state index in [-0.39, 0.29) is 11.0 Å². The maximum atomic E-state index is 13.9. The summed E-state index contributed by atoms with van der Waals surface area (Å²) in [6, 6.07) is 2.77. The van der Waals surface area contributed by atoms with Gasteiger partial charge in [0.2, 0.25) is 0 Å². The minimum absolute atomic E-state index is 0.199. The van der Waals surface area contributed by atoms with Crippen molar-refractivity contribution in [1.29, 1.82) is 0 Å². The topological polar surface area (TPSA) is 92.7 Å². The number of halogens is 3. The fourth-order valence-electron chi connectivity index (χ4n) is 6.84.